The fraction of sp³-hybridized carbons (Fsp3) is 0.333. The van der Waals surface area contributed by atoms with Crippen molar-refractivity contribution in [2.75, 3.05) is 0 Å². The molecule has 0 heterocycles. The maximum Gasteiger partial charge on any atom is 0.157 e. The molecule has 1 fully saturated rings. The Morgan fingerprint density at radius 2 is 1.92 bits per heavy atom. The lowest BCUT2D eigenvalue weighted by Gasteiger charge is -2.01. The average Bonchev–Trinajstić information content (AvgIpc) is 2.73. The number of phenolic OH excluding ortho intramolecular Hbond substituents is 2. The number of phenols is 2. The first-order chi connectivity index (χ1) is 5.68. The first-order valence-corrected chi connectivity index (χ1v) is 3.96. The van der Waals surface area contributed by atoms with Crippen molar-refractivity contribution >= 4 is 7.85 Å². The molecule has 60 valence electrons. The highest BCUT2D eigenvalue weighted by atomic mass is 16.3. The lowest BCUT2D eigenvalue weighted by molar-refractivity contribution is 0.403. The molecule has 3 heteroatoms. The van der Waals surface area contributed by atoms with Gasteiger partial charge in [-0.1, -0.05) is 18.3 Å². The molecule has 1 saturated carbocycles. The van der Waals surface area contributed by atoms with Crippen molar-refractivity contribution in [1.82, 2.24) is 0 Å². The Balaban J connectivity index is 2.29. The van der Waals surface area contributed by atoms with Crippen molar-refractivity contribution in [3.8, 4) is 11.5 Å². The number of hydrogen-bond acceptors (Lipinski definition) is 2. The molecular weight excluding hydrogens is 151 g/mol. The molecule has 12 heavy (non-hydrogen) atoms. The first kappa shape index (κ1) is 7.53. The molecule has 1 aromatic carbocycles. The molecule has 0 spiro atoms. The van der Waals surface area contributed by atoms with E-state index in [1.165, 1.54) is 6.07 Å². The Morgan fingerprint density at radius 3 is 2.42 bits per heavy atom. The van der Waals surface area contributed by atoms with Crippen LogP contribution in [-0.2, 0) is 0 Å². The maximum absolute atomic E-state index is 9.17. The van der Waals surface area contributed by atoms with E-state index in [1.807, 2.05) is 0 Å². The second kappa shape index (κ2) is 2.44. The van der Waals surface area contributed by atoms with Crippen LogP contribution >= 0.6 is 0 Å². The summed E-state index contributed by atoms with van der Waals surface area (Å²) in [7, 11) is 5.64. The predicted molar refractivity (Wildman–Crippen MR) is 46.6 cm³/mol. The Bertz CT molecular complexity index is 311. The predicted octanol–water partition coefficient (Wildman–Crippen LogP) is 1.54. The molecule has 0 amide bonds. The van der Waals surface area contributed by atoms with Crippen molar-refractivity contribution in [3.63, 3.8) is 0 Å². The van der Waals surface area contributed by atoms with Crippen LogP contribution in [0, 0.1) is 0 Å². The molecule has 2 rings (SSSR count). The van der Waals surface area contributed by atoms with E-state index in [9.17, 15) is 5.11 Å². The summed E-state index contributed by atoms with van der Waals surface area (Å²) in [6.07, 6.45) is 0.976. The molecular formula is C9H9BO2. The van der Waals surface area contributed by atoms with Crippen molar-refractivity contribution in [3.05, 3.63) is 23.8 Å². The van der Waals surface area contributed by atoms with Crippen LogP contribution in [0.2, 0.25) is 5.82 Å². The molecule has 2 atom stereocenters. The summed E-state index contributed by atoms with van der Waals surface area (Å²) >= 11 is 0. The molecule has 2 radical (unpaired) electrons. The lowest BCUT2D eigenvalue weighted by Crippen LogP contribution is -1.80. The van der Waals surface area contributed by atoms with Crippen LogP contribution < -0.4 is 0 Å². The highest BCUT2D eigenvalue weighted by Gasteiger charge is 2.33. The fourth-order valence-corrected chi connectivity index (χ4v) is 1.37. The van der Waals surface area contributed by atoms with Crippen LogP contribution in [0.25, 0.3) is 0 Å². The fourth-order valence-electron chi connectivity index (χ4n) is 1.37. The van der Waals surface area contributed by atoms with E-state index in [4.69, 9.17) is 13.0 Å². The van der Waals surface area contributed by atoms with Gasteiger partial charge in [-0.15, -0.1) is 0 Å². The zero-order valence-corrected chi connectivity index (χ0v) is 6.57. The molecule has 1 aliphatic carbocycles. The van der Waals surface area contributed by atoms with E-state index in [0.717, 1.165) is 12.0 Å². The molecule has 1 aliphatic rings. The van der Waals surface area contributed by atoms with Crippen LogP contribution in [0.5, 0.6) is 11.5 Å². The summed E-state index contributed by atoms with van der Waals surface area (Å²) in [6, 6.07) is 4.87. The van der Waals surface area contributed by atoms with Crippen LogP contribution in [-0.4, -0.2) is 18.1 Å². The quantitative estimate of drug-likeness (QED) is 0.483. The average molecular weight is 160 g/mol. The standard InChI is InChI=1S/C9H9BO2/c10-7-4-6(7)5-1-2-8(11)9(12)3-5/h1-3,6-7,11-12H,4H2. The van der Waals surface area contributed by atoms with Gasteiger partial charge >= 0.3 is 0 Å². The van der Waals surface area contributed by atoms with Gasteiger partial charge in [-0.3, -0.25) is 0 Å². The summed E-state index contributed by atoms with van der Waals surface area (Å²) in [5.41, 5.74) is 1.01. The molecule has 0 aliphatic heterocycles. The molecule has 1 aromatic rings. The molecule has 0 saturated heterocycles. The van der Waals surface area contributed by atoms with Crippen molar-refractivity contribution in [1.29, 1.82) is 0 Å². The van der Waals surface area contributed by atoms with Gasteiger partial charge in [0, 0.05) is 0 Å². The van der Waals surface area contributed by atoms with Gasteiger partial charge in [0.15, 0.2) is 11.5 Å². The van der Waals surface area contributed by atoms with E-state index >= 15 is 0 Å². The minimum atomic E-state index is -0.0760. The van der Waals surface area contributed by atoms with Crippen molar-refractivity contribution in [2.24, 2.45) is 0 Å². The topological polar surface area (TPSA) is 40.5 Å². The Hall–Kier alpha value is -1.12. The lowest BCUT2D eigenvalue weighted by atomic mass is 9.97. The third kappa shape index (κ3) is 1.15. The van der Waals surface area contributed by atoms with Crippen LogP contribution in [0.1, 0.15) is 17.9 Å². The third-order valence-corrected chi connectivity index (χ3v) is 2.27. The van der Waals surface area contributed by atoms with Gasteiger partial charge in [-0.25, -0.2) is 0 Å². The molecule has 2 N–H and O–H groups in total. The monoisotopic (exact) mass is 160 g/mol. The largest absolute Gasteiger partial charge is 0.504 e. The van der Waals surface area contributed by atoms with E-state index in [2.05, 4.69) is 0 Å². The molecule has 0 aromatic heterocycles. The normalized spacial score (nSPS) is 27.0. The minimum absolute atomic E-state index is 0.0633. The van der Waals surface area contributed by atoms with Gasteiger partial charge in [0.2, 0.25) is 0 Å². The zero-order chi connectivity index (χ0) is 8.72. The summed E-state index contributed by atoms with van der Waals surface area (Å²) in [4.78, 5) is 0. The van der Waals surface area contributed by atoms with Gasteiger partial charge < -0.3 is 10.2 Å². The Kier molecular flexibility index (Phi) is 1.53. The zero-order valence-electron chi connectivity index (χ0n) is 6.57. The van der Waals surface area contributed by atoms with E-state index in [0.29, 0.717) is 5.92 Å². The van der Waals surface area contributed by atoms with Gasteiger partial charge in [0.1, 0.15) is 0 Å². The highest BCUT2D eigenvalue weighted by molar-refractivity contribution is 6.14. The number of hydrogen-bond donors (Lipinski definition) is 2. The van der Waals surface area contributed by atoms with Gasteiger partial charge in [0.25, 0.3) is 0 Å². The number of benzene rings is 1. The second-order valence-corrected chi connectivity index (χ2v) is 3.25. The first-order valence-electron chi connectivity index (χ1n) is 3.96. The summed E-state index contributed by atoms with van der Waals surface area (Å²) in [6.45, 7) is 0. The van der Waals surface area contributed by atoms with E-state index in [-0.39, 0.29) is 17.3 Å². The molecule has 0 bridgehead atoms. The van der Waals surface area contributed by atoms with Crippen LogP contribution in [0.15, 0.2) is 18.2 Å². The Morgan fingerprint density at radius 1 is 1.25 bits per heavy atom. The summed E-state index contributed by atoms with van der Waals surface area (Å²) < 4.78 is 0. The highest BCUT2D eigenvalue weighted by Crippen LogP contribution is 2.51. The summed E-state index contributed by atoms with van der Waals surface area (Å²) in [5, 5.41) is 18.2. The number of rotatable bonds is 1. The molecule has 2 nitrogen and oxygen atoms in total. The molecule has 2 unspecified atom stereocenters. The second-order valence-electron chi connectivity index (χ2n) is 3.25. The van der Waals surface area contributed by atoms with Crippen LogP contribution in [0.3, 0.4) is 0 Å². The van der Waals surface area contributed by atoms with Crippen molar-refractivity contribution < 1.29 is 10.2 Å². The van der Waals surface area contributed by atoms with Gasteiger partial charge in [-0.05, 0) is 23.6 Å². The maximum atomic E-state index is 9.17. The summed E-state index contributed by atoms with van der Waals surface area (Å²) in [5.74, 6) is 0.463. The van der Waals surface area contributed by atoms with Gasteiger partial charge in [-0.2, -0.15) is 0 Å². The Labute approximate surface area is 72.3 Å². The SMILES string of the molecule is [B]C1CC1c1ccc(O)c(O)c1. The smallest absolute Gasteiger partial charge is 0.157 e. The van der Waals surface area contributed by atoms with Gasteiger partial charge in [0.05, 0.1) is 7.85 Å². The minimum Gasteiger partial charge on any atom is -0.504 e. The van der Waals surface area contributed by atoms with Crippen LogP contribution in [0.4, 0.5) is 0 Å². The number of aromatic hydroxyl groups is 2. The van der Waals surface area contributed by atoms with E-state index in [1.54, 1.807) is 12.1 Å². The van der Waals surface area contributed by atoms with Crippen molar-refractivity contribution in [2.45, 2.75) is 18.2 Å². The van der Waals surface area contributed by atoms with E-state index < -0.39 is 0 Å². The third-order valence-electron chi connectivity index (χ3n) is 2.27.